The van der Waals surface area contributed by atoms with Crippen LogP contribution in [0.2, 0.25) is 5.02 Å². The predicted octanol–water partition coefficient (Wildman–Crippen LogP) is 5.32. The van der Waals surface area contributed by atoms with Crippen LogP contribution in [0.5, 0.6) is 17.2 Å². The van der Waals surface area contributed by atoms with Crippen molar-refractivity contribution in [3.05, 3.63) is 58.6 Å². The molecule has 0 aliphatic rings. The van der Waals surface area contributed by atoms with E-state index < -0.39 is 5.91 Å². The van der Waals surface area contributed by atoms with Crippen molar-refractivity contribution >= 4 is 52.0 Å². The van der Waals surface area contributed by atoms with Crippen molar-refractivity contribution in [1.29, 1.82) is 5.26 Å². The van der Waals surface area contributed by atoms with Crippen LogP contribution in [0.3, 0.4) is 0 Å². The molecule has 3 rings (SSSR count). The van der Waals surface area contributed by atoms with Crippen molar-refractivity contribution in [3.63, 3.8) is 0 Å². The first-order valence-electron chi connectivity index (χ1n) is 10.1. The molecule has 0 saturated carbocycles. The number of rotatable bonds is 11. The van der Waals surface area contributed by atoms with Gasteiger partial charge in [0.15, 0.2) is 11.5 Å². The summed E-state index contributed by atoms with van der Waals surface area (Å²) in [5, 5.41) is 13.3. The Balaban J connectivity index is 1.68. The topological polar surface area (TPSA) is 106 Å². The molecule has 0 bridgehead atoms. The molecule has 1 amide bonds. The van der Waals surface area contributed by atoms with Crippen LogP contribution in [0.15, 0.2) is 53.2 Å². The zero-order valence-electron chi connectivity index (χ0n) is 18.4. The van der Waals surface area contributed by atoms with E-state index in [1.807, 2.05) is 43.3 Å². The summed E-state index contributed by atoms with van der Waals surface area (Å²) in [5.74, 6) is 1.66. The summed E-state index contributed by atoms with van der Waals surface area (Å²) in [6.07, 6.45) is 1.41. The summed E-state index contributed by atoms with van der Waals surface area (Å²) in [6, 6.07) is 14.5. The number of amides is 1. The predicted molar refractivity (Wildman–Crippen MR) is 134 cm³/mol. The van der Waals surface area contributed by atoms with Crippen LogP contribution in [0.1, 0.15) is 12.5 Å². The Morgan fingerprint density at radius 2 is 2.03 bits per heavy atom. The molecule has 0 atom stereocenters. The highest BCUT2D eigenvalue weighted by molar-refractivity contribution is 7.99. The monoisotopic (exact) mass is 516 g/mol. The Morgan fingerprint density at radius 3 is 2.74 bits per heavy atom. The lowest BCUT2D eigenvalue weighted by molar-refractivity contribution is -0.112. The van der Waals surface area contributed by atoms with Gasteiger partial charge in [-0.25, -0.2) is 0 Å². The van der Waals surface area contributed by atoms with Crippen LogP contribution < -0.4 is 19.5 Å². The van der Waals surface area contributed by atoms with E-state index in [2.05, 4.69) is 14.7 Å². The number of anilines is 1. The number of nitrogens with one attached hydrogen (secondary N) is 1. The molecule has 0 aliphatic carbocycles. The zero-order chi connectivity index (χ0) is 24.3. The third kappa shape index (κ3) is 7.12. The fraction of sp³-hybridized carbons (Fsp3) is 0.217. The van der Waals surface area contributed by atoms with E-state index in [-0.39, 0.29) is 17.2 Å². The van der Waals surface area contributed by atoms with Crippen LogP contribution in [-0.2, 0) is 4.79 Å². The van der Waals surface area contributed by atoms with Gasteiger partial charge in [0.05, 0.1) is 12.1 Å². The molecule has 1 aromatic heterocycles. The largest absolute Gasteiger partial charge is 0.493 e. The van der Waals surface area contributed by atoms with Gasteiger partial charge in [-0.1, -0.05) is 48.5 Å². The molecule has 1 heterocycles. The SMILES string of the molecule is CCSc1nsc(NC(=O)/C(C#N)=C\c2cc(Cl)c(OCCOc3ccccc3)c(OC)c2)n1. The maximum Gasteiger partial charge on any atom is 0.268 e. The third-order valence-corrected chi connectivity index (χ3v) is 5.93. The van der Waals surface area contributed by atoms with Crippen molar-refractivity contribution in [2.75, 3.05) is 31.4 Å². The molecular weight excluding hydrogens is 496 g/mol. The maximum atomic E-state index is 12.5. The van der Waals surface area contributed by atoms with Gasteiger partial charge in [-0.15, -0.1) is 0 Å². The number of thioether (sulfide) groups is 1. The lowest BCUT2D eigenvalue weighted by atomic mass is 10.1. The first-order chi connectivity index (χ1) is 16.5. The number of carbonyl (C=O) groups excluding carboxylic acids is 1. The molecule has 8 nitrogen and oxygen atoms in total. The highest BCUT2D eigenvalue weighted by Gasteiger charge is 2.16. The van der Waals surface area contributed by atoms with Gasteiger partial charge in [-0.2, -0.15) is 14.6 Å². The lowest BCUT2D eigenvalue weighted by Crippen LogP contribution is -2.13. The molecule has 1 N–H and O–H groups in total. The van der Waals surface area contributed by atoms with Crippen LogP contribution in [-0.4, -0.2) is 41.3 Å². The second-order valence-corrected chi connectivity index (χ2v) is 8.87. The normalized spacial score (nSPS) is 10.9. The minimum atomic E-state index is -0.597. The molecule has 11 heteroatoms. The van der Waals surface area contributed by atoms with Gasteiger partial charge in [-0.3, -0.25) is 10.1 Å². The molecule has 0 spiro atoms. The average Bonchev–Trinajstić information content (AvgIpc) is 3.28. The van der Waals surface area contributed by atoms with Crippen LogP contribution in [0.4, 0.5) is 5.13 Å². The molecule has 34 heavy (non-hydrogen) atoms. The number of hydrogen-bond acceptors (Lipinski definition) is 9. The molecule has 176 valence electrons. The van der Waals surface area contributed by atoms with Gasteiger partial charge in [0, 0.05) is 11.5 Å². The second-order valence-electron chi connectivity index (χ2n) is 6.48. The van der Waals surface area contributed by atoms with Gasteiger partial charge in [0.25, 0.3) is 5.91 Å². The molecule has 0 saturated heterocycles. The van der Waals surface area contributed by atoms with E-state index >= 15 is 0 Å². The summed E-state index contributed by atoms with van der Waals surface area (Å²) >= 11 is 8.91. The summed E-state index contributed by atoms with van der Waals surface area (Å²) < 4.78 is 20.9. The van der Waals surface area contributed by atoms with Gasteiger partial charge in [0.1, 0.15) is 30.6 Å². The fourth-order valence-corrected chi connectivity index (χ4v) is 4.25. The summed E-state index contributed by atoms with van der Waals surface area (Å²) in [5.41, 5.74) is 0.379. The molecule has 3 aromatic rings. The zero-order valence-corrected chi connectivity index (χ0v) is 20.8. The van der Waals surface area contributed by atoms with Gasteiger partial charge < -0.3 is 14.2 Å². The fourth-order valence-electron chi connectivity index (χ4n) is 2.71. The number of aromatic nitrogens is 2. The number of methoxy groups -OCH3 is 1. The Bertz CT molecular complexity index is 1200. The van der Waals surface area contributed by atoms with E-state index in [1.54, 1.807) is 12.1 Å². The number of para-hydroxylation sites is 1. The number of ether oxygens (including phenoxy) is 3. The minimum absolute atomic E-state index is 0.122. The lowest BCUT2D eigenvalue weighted by Gasteiger charge is -2.14. The second kappa shape index (κ2) is 12.8. The first-order valence-corrected chi connectivity index (χ1v) is 12.3. The maximum absolute atomic E-state index is 12.5. The number of halogens is 1. The number of hydrogen-bond donors (Lipinski definition) is 1. The van der Waals surface area contributed by atoms with Gasteiger partial charge in [0.2, 0.25) is 10.3 Å². The third-order valence-electron chi connectivity index (χ3n) is 4.17. The van der Waals surface area contributed by atoms with E-state index in [4.69, 9.17) is 25.8 Å². The van der Waals surface area contributed by atoms with Crippen molar-refractivity contribution < 1.29 is 19.0 Å². The molecule has 2 aromatic carbocycles. The number of nitriles is 1. The highest BCUT2D eigenvalue weighted by atomic mass is 35.5. The Labute approximate surface area is 210 Å². The van der Waals surface area contributed by atoms with Gasteiger partial charge >= 0.3 is 0 Å². The smallest absolute Gasteiger partial charge is 0.268 e. The van der Waals surface area contributed by atoms with Crippen molar-refractivity contribution in [2.24, 2.45) is 0 Å². The average molecular weight is 517 g/mol. The highest BCUT2D eigenvalue weighted by Crippen LogP contribution is 2.37. The van der Waals surface area contributed by atoms with Crippen LogP contribution in [0, 0.1) is 11.3 Å². The Kier molecular flexibility index (Phi) is 9.58. The number of nitrogens with zero attached hydrogens (tertiary/aromatic N) is 3. The Morgan fingerprint density at radius 1 is 1.26 bits per heavy atom. The molecule has 0 fully saturated rings. The molecule has 0 unspecified atom stereocenters. The summed E-state index contributed by atoms with van der Waals surface area (Å²) in [7, 11) is 1.48. The van der Waals surface area contributed by atoms with Crippen molar-refractivity contribution in [1.82, 2.24) is 9.36 Å². The Hall–Kier alpha value is -3.26. The standard InChI is InChI=1S/C23H21ClN4O4S2/c1-3-33-23-27-22(34-28-23)26-21(29)16(14-25)11-15-12-18(24)20(19(13-15)30-2)32-10-9-31-17-7-5-4-6-8-17/h4-8,11-13H,3,9-10H2,1-2H3,(H,26,27,28,29)/b16-11-. The van der Waals surface area contributed by atoms with E-state index in [0.717, 1.165) is 23.0 Å². The molecule has 0 aliphatic heterocycles. The van der Waals surface area contributed by atoms with Crippen molar-refractivity contribution in [3.8, 4) is 23.3 Å². The van der Waals surface area contributed by atoms with Crippen molar-refractivity contribution in [2.45, 2.75) is 12.1 Å². The number of benzene rings is 2. The first kappa shape index (κ1) is 25.4. The molecule has 0 radical (unpaired) electrons. The summed E-state index contributed by atoms with van der Waals surface area (Å²) in [4.78, 5) is 16.7. The van der Waals surface area contributed by atoms with Gasteiger partial charge in [-0.05, 0) is 41.7 Å². The number of carbonyl (C=O) groups is 1. The van der Waals surface area contributed by atoms with E-state index in [9.17, 15) is 10.1 Å². The van der Waals surface area contributed by atoms with Crippen LogP contribution in [0.25, 0.3) is 6.08 Å². The summed E-state index contributed by atoms with van der Waals surface area (Å²) in [6.45, 7) is 2.54. The van der Waals surface area contributed by atoms with Crippen LogP contribution >= 0.6 is 34.9 Å². The minimum Gasteiger partial charge on any atom is -0.493 e. The van der Waals surface area contributed by atoms with E-state index in [1.165, 1.54) is 24.9 Å². The quantitative estimate of drug-likeness (QED) is 0.158. The van der Waals surface area contributed by atoms with E-state index in [0.29, 0.717) is 34.0 Å². The molecular formula is C23H21ClN4O4S2.